The predicted octanol–water partition coefficient (Wildman–Crippen LogP) is 2.21. The lowest BCUT2D eigenvalue weighted by Crippen LogP contribution is -2.31. The number of aromatic nitrogens is 1. The van der Waals surface area contributed by atoms with E-state index in [4.69, 9.17) is 16.3 Å². The molecule has 1 aromatic carbocycles. The van der Waals surface area contributed by atoms with Crippen LogP contribution in [0.25, 0.3) is 0 Å². The number of nitrogens with one attached hydrogen (secondary N) is 2. The highest BCUT2D eigenvalue weighted by Gasteiger charge is 2.20. The second kappa shape index (κ2) is 6.91. The largest absolute Gasteiger partial charge is 0.449 e. The molecule has 0 saturated heterocycles. The van der Waals surface area contributed by atoms with Gasteiger partial charge in [-0.25, -0.2) is 4.79 Å². The van der Waals surface area contributed by atoms with Crippen molar-refractivity contribution in [2.45, 2.75) is 13.0 Å². The van der Waals surface area contributed by atoms with Gasteiger partial charge < -0.3 is 15.0 Å². The summed E-state index contributed by atoms with van der Waals surface area (Å²) in [4.78, 5) is 37.6. The number of rotatable bonds is 4. The van der Waals surface area contributed by atoms with E-state index in [0.29, 0.717) is 10.7 Å². The number of pyridine rings is 1. The number of anilines is 1. The van der Waals surface area contributed by atoms with Crippen LogP contribution in [0, 0.1) is 0 Å². The number of esters is 1. The molecule has 0 unspecified atom stereocenters. The van der Waals surface area contributed by atoms with Crippen molar-refractivity contribution in [3.63, 3.8) is 0 Å². The van der Waals surface area contributed by atoms with E-state index in [-0.39, 0.29) is 5.56 Å². The van der Waals surface area contributed by atoms with E-state index >= 15 is 0 Å². The maximum atomic E-state index is 11.9. The van der Waals surface area contributed by atoms with E-state index in [1.807, 2.05) is 0 Å². The van der Waals surface area contributed by atoms with Gasteiger partial charge in [0, 0.05) is 16.9 Å². The fourth-order valence-corrected chi connectivity index (χ4v) is 1.76. The van der Waals surface area contributed by atoms with Crippen LogP contribution in [0.15, 0.2) is 47.4 Å². The van der Waals surface area contributed by atoms with Gasteiger partial charge in [-0.2, -0.15) is 0 Å². The summed E-state index contributed by atoms with van der Waals surface area (Å²) < 4.78 is 4.98. The number of hydrogen-bond donors (Lipinski definition) is 2. The molecule has 1 atom stereocenters. The lowest BCUT2D eigenvalue weighted by atomic mass is 10.2. The third-order valence-electron chi connectivity index (χ3n) is 2.80. The van der Waals surface area contributed by atoms with Crippen molar-refractivity contribution >= 4 is 29.2 Å². The second-order valence-electron chi connectivity index (χ2n) is 4.46. The van der Waals surface area contributed by atoms with Gasteiger partial charge in [-0.3, -0.25) is 9.59 Å². The first-order valence-corrected chi connectivity index (χ1v) is 6.80. The summed E-state index contributed by atoms with van der Waals surface area (Å²) in [7, 11) is 0. The molecule has 0 bridgehead atoms. The summed E-state index contributed by atoms with van der Waals surface area (Å²) in [5.74, 6) is -1.37. The molecule has 0 radical (unpaired) electrons. The first-order chi connectivity index (χ1) is 10.5. The zero-order valence-corrected chi connectivity index (χ0v) is 12.4. The van der Waals surface area contributed by atoms with Crippen LogP contribution in [-0.4, -0.2) is 23.0 Å². The Hall–Kier alpha value is -2.60. The summed E-state index contributed by atoms with van der Waals surface area (Å²) >= 11 is 5.75. The minimum absolute atomic E-state index is 0.159. The Kier molecular flexibility index (Phi) is 4.95. The fraction of sp³-hybridized carbons (Fsp3) is 0.133. The number of hydrogen-bond acceptors (Lipinski definition) is 4. The Morgan fingerprint density at radius 3 is 2.55 bits per heavy atom. The molecular weight excluding hydrogens is 308 g/mol. The Morgan fingerprint density at radius 1 is 1.23 bits per heavy atom. The number of carbonyl (C=O) groups excluding carboxylic acids is 2. The van der Waals surface area contributed by atoms with Crippen molar-refractivity contribution in [3.05, 3.63) is 63.5 Å². The van der Waals surface area contributed by atoms with Crippen LogP contribution in [0.4, 0.5) is 5.69 Å². The van der Waals surface area contributed by atoms with Crippen LogP contribution < -0.4 is 10.9 Å². The van der Waals surface area contributed by atoms with E-state index in [9.17, 15) is 14.4 Å². The molecule has 0 fully saturated rings. The third-order valence-corrected chi connectivity index (χ3v) is 3.05. The minimum Gasteiger partial charge on any atom is -0.449 e. The highest BCUT2D eigenvalue weighted by Crippen LogP contribution is 2.14. The molecule has 0 saturated carbocycles. The van der Waals surface area contributed by atoms with Crippen LogP contribution in [-0.2, 0) is 9.53 Å². The number of benzene rings is 1. The van der Waals surface area contributed by atoms with E-state index in [2.05, 4.69) is 10.3 Å². The molecule has 1 aromatic heterocycles. The number of ether oxygens (including phenoxy) is 1. The minimum atomic E-state index is -1.05. The van der Waals surface area contributed by atoms with Gasteiger partial charge in [-0.05, 0) is 43.3 Å². The van der Waals surface area contributed by atoms with Crippen LogP contribution in [0.2, 0.25) is 5.02 Å². The molecule has 22 heavy (non-hydrogen) atoms. The lowest BCUT2D eigenvalue weighted by molar-refractivity contribution is -0.123. The summed E-state index contributed by atoms with van der Waals surface area (Å²) in [6.07, 6.45) is 0.346. The molecule has 0 aliphatic rings. The fourth-order valence-electron chi connectivity index (χ4n) is 1.64. The average Bonchev–Trinajstić information content (AvgIpc) is 2.49. The quantitative estimate of drug-likeness (QED) is 0.845. The van der Waals surface area contributed by atoms with E-state index in [1.165, 1.54) is 25.3 Å². The highest BCUT2D eigenvalue weighted by atomic mass is 35.5. The molecular formula is C15H13ClN2O4. The van der Waals surface area contributed by atoms with Crippen molar-refractivity contribution < 1.29 is 14.3 Å². The van der Waals surface area contributed by atoms with Gasteiger partial charge in [0.2, 0.25) is 0 Å². The lowest BCUT2D eigenvalue weighted by Gasteiger charge is -2.13. The van der Waals surface area contributed by atoms with Gasteiger partial charge in [0.25, 0.3) is 11.5 Å². The molecule has 0 aliphatic carbocycles. The molecule has 7 heteroatoms. The van der Waals surface area contributed by atoms with Crippen molar-refractivity contribution in [1.29, 1.82) is 0 Å². The van der Waals surface area contributed by atoms with Gasteiger partial charge in [-0.15, -0.1) is 0 Å². The maximum absolute atomic E-state index is 11.9. The van der Waals surface area contributed by atoms with Gasteiger partial charge in [0.15, 0.2) is 6.10 Å². The van der Waals surface area contributed by atoms with Crippen molar-refractivity contribution in [3.8, 4) is 0 Å². The molecule has 2 aromatic rings. The third kappa shape index (κ3) is 3.95. The smallest absolute Gasteiger partial charge is 0.344 e. The van der Waals surface area contributed by atoms with Crippen LogP contribution in [0.5, 0.6) is 0 Å². The summed E-state index contributed by atoms with van der Waals surface area (Å²) in [6.45, 7) is 1.42. The molecule has 114 valence electrons. The number of halogens is 1. The number of amides is 1. The van der Waals surface area contributed by atoms with Gasteiger partial charge in [0.1, 0.15) is 5.56 Å². The number of H-pyrrole nitrogens is 1. The van der Waals surface area contributed by atoms with Crippen LogP contribution in [0.3, 0.4) is 0 Å². The standard InChI is InChI=1S/C15H13ClN2O4/c1-9(13(19)18-11-6-4-10(16)5-7-11)22-15(21)12-3-2-8-17-14(12)20/h2-9H,1H3,(H,17,20)(H,18,19)/t9-/m1/s1. The first-order valence-electron chi connectivity index (χ1n) is 6.42. The molecule has 6 nitrogen and oxygen atoms in total. The highest BCUT2D eigenvalue weighted by molar-refractivity contribution is 6.30. The average molecular weight is 321 g/mol. The Balaban J connectivity index is 1.99. The van der Waals surface area contributed by atoms with Gasteiger partial charge in [-0.1, -0.05) is 11.6 Å². The molecule has 0 aliphatic heterocycles. The topological polar surface area (TPSA) is 88.3 Å². The zero-order valence-electron chi connectivity index (χ0n) is 11.6. The Bertz CT molecular complexity index is 740. The van der Waals surface area contributed by atoms with Crippen LogP contribution >= 0.6 is 11.6 Å². The van der Waals surface area contributed by atoms with Crippen molar-refractivity contribution in [1.82, 2.24) is 4.98 Å². The molecule has 2 rings (SSSR count). The van der Waals surface area contributed by atoms with E-state index in [1.54, 1.807) is 24.3 Å². The van der Waals surface area contributed by atoms with Gasteiger partial charge >= 0.3 is 5.97 Å². The molecule has 2 N–H and O–H groups in total. The molecule has 0 spiro atoms. The maximum Gasteiger partial charge on any atom is 0.344 e. The van der Waals surface area contributed by atoms with Gasteiger partial charge in [0.05, 0.1) is 0 Å². The predicted molar refractivity (Wildman–Crippen MR) is 82.0 cm³/mol. The molecule has 1 heterocycles. The molecule has 1 amide bonds. The van der Waals surface area contributed by atoms with E-state index in [0.717, 1.165) is 0 Å². The van der Waals surface area contributed by atoms with E-state index < -0.39 is 23.5 Å². The Labute approximate surface area is 131 Å². The number of aromatic amines is 1. The summed E-state index contributed by atoms with van der Waals surface area (Å²) in [5, 5.41) is 3.12. The zero-order chi connectivity index (χ0) is 16.1. The first kappa shape index (κ1) is 15.8. The summed E-state index contributed by atoms with van der Waals surface area (Å²) in [6, 6.07) is 9.31. The SMILES string of the molecule is C[C@@H](OC(=O)c1ccc[nH]c1=O)C(=O)Nc1ccc(Cl)cc1. The van der Waals surface area contributed by atoms with Crippen molar-refractivity contribution in [2.24, 2.45) is 0 Å². The Morgan fingerprint density at radius 2 is 1.91 bits per heavy atom. The normalized spacial score (nSPS) is 11.5. The monoisotopic (exact) mass is 320 g/mol. The van der Waals surface area contributed by atoms with Crippen molar-refractivity contribution in [2.75, 3.05) is 5.32 Å². The number of carbonyl (C=O) groups is 2. The second-order valence-corrected chi connectivity index (χ2v) is 4.89. The summed E-state index contributed by atoms with van der Waals surface area (Å²) in [5.41, 5.74) is -0.207. The van der Waals surface area contributed by atoms with Crippen LogP contribution in [0.1, 0.15) is 17.3 Å².